The Hall–Kier alpha value is -2.32. The molecule has 1 aromatic carbocycles. The summed E-state index contributed by atoms with van der Waals surface area (Å²) in [7, 11) is 0. The van der Waals surface area contributed by atoms with Gasteiger partial charge in [0.05, 0.1) is 0 Å². The Bertz CT molecular complexity index is 631. The van der Waals surface area contributed by atoms with Crippen molar-refractivity contribution in [1.29, 1.82) is 0 Å². The number of carbonyl (C=O) groups excluding carboxylic acids is 1. The van der Waals surface area contributed by atoms with E-state index in [0.29, 0.717) is 30.5 Å². The van der Waals surface area contributed by atoms with Gasteiger partial charge in [0.15, 0.2) is 0 Å². The minimum atomic E-state index is -1.07. The molecule has 0 saturated carbocycles. The average Bonchev–Trinajstić information content (AvgIpc) is 2.94. The van der Waals surface area contributed by atoms with E-state index in [1.807, 2.05) is 0 Å². The van der Waals surface area contributed by atoms with Gasteiger partial charge in [-0.2, -0.15) is 0 Å². The van der Waals surface area contributed by atoms with Crippen molar-refractivity contribution in [1.82, 2.24) is 4.90 Å². The van der Waals surface area contributed by atoms with Gasteiger partial charge in [0.25, 0.3) is 5.91 Å². The summed E-state index contributed by atoms with van der Waals surface area (Å²) < 4.78 is 0. The minimum Gasteiger partial charge on any atom is -0.480 e. The van der Waals surface area contributed by atoms with Crippen LogP contribution in [-0.2, 0) is 4.79 Å². The first kappa shape index (κ1) is 16.1. The summed E-state index contributed by atoms with van der Waals surface area (Å²) in [4.78, 5) is 24.9. The molecule has 0 bridgehead atoms. The quantitative estimate of drug-likeness (QED) is 0.812. The van der Waals surface area contributed by atoms with E-state index < -0.39 is 17.6 Å². The van der Waals surface area contributed by atoms with Gasteiger partial charge in [-0.15, -0.1) is 0 Å². The molecule has 22 heavy (non-hydrogen) atoms. The molecule has 0 spiro atoms. The predicted octanol–water partition coefficient (Wildman–Crippen LogP) is 1.50. The number of rotatable bonds is 2. The molecule has 5 nitrogen and oxygen atoms in total. The smallest absolute Gasteiger partial charge is 0.326 e. The first-order valence-corrected chi connectivity index (χ1v) is 7.17. The highest BCUT2D eigenvalue weighted by Gasteiger charge is 2.34. The van der Waals surface area contributed by atoms with E-state index in [0.717, 1.165) is 0 Å². The molecule has 1 aromatic rings. The van der Waals surface area contributed by atoms with Gasteiger partial charge in [0, 0.05) is 17.7 Å². The number of carboxylic acid groups (broad SMARTS) is 1. The highest BCUT2D eigenvalue weighted by atomic mass is 16.4. The SMILES string of the molecule is CC(C)(O)C#Cc1ccc(C(=O)N2CCC[C@@H]2C(=O)O)cc1. The fourth-order valence-electron chi connectivity index (χ4n) is 2.35. The van der Waals surface area contributed by atoms with Crippen molar-refractivity contribution in [2.75, 3.05) is 6.54 Å². The molecule has 2 N–H and O–H groups in total. The molecule has 1 aliphatic rings. The van der Waals surface area contributed by atoms with Crippen molar-refractivity contribution in [2.24, 2.45) is 0 Å². The third kappa shape index (κ3) is 3.86. The van der Waals surface area contributed by atoms with Gasteiger partial charge in [-0.25, -0.2) is 4.79 Å². The van der Waals surface area contributed by atoms with E-state index in [1.165, 1.54) is 4.90 Å². The lowest BCUT2D eigenvalue weighted by Gasteiger charge is -2.21. The number of carbonyl (C=O) groups is 2. The van der Waals surface area contributed by atoms with Crippen molar-refractivity contribution in [3.63, 3.8) is 0 Å². The van der Waals surface area contributed by atoms with Crippen LogP contribution in [0.5, 0.6) is 0 Å². The van der Waals surface area contributed by atoms with Crippen LogP contribution in [0.2, 0.25) is 0 Å². The molecular formula is C17H19NO4. The Kier molecular flexibility index (Phi) is 4.53. The van der Waals surface area contributed by atoms with Gasteiger partial charge in [0.2, 0.25) is 0 Å². The summed E-state index contributed by atoms with van der Waals surface area (Å²) in [5.41, 5.74) is 0.0653. The van der Waals surface area contributed by atoms with Crippen LogP contribution in [0.4, 0.5) is 0 Å². The second-order valence-corrected chi connectivity index (χ2v) is 5.88. The molecule has 1 aliphatic heterocycles. The van der Waals surface area contributed by atoms with Crippen LogP contribution in [0.25, 0.3) is 0 Å². The Morgan fingerprint density at radius 3 is 2.45 bits per heavy atom. The molecule has 0 aliphatic carbocycles. The van der Waals surface area contributed by atoms with Crippen LogP contribution >= 0.6 is 0 Å². The summed E-state index contributed by atoms with van der Waals surface area (Å²) in [6, 6.07) is 5.92. The number of carboxylic acids is 1. The number of aliphatic carboxylic acids is 1. The van der Waals surface area contributed by atoms with Crippen molar-refractivity contribution in [3.05, 3.63) is 35.4 Å². The average molecular weight is 301 g/mol. The molecule has 0 unspecified atom stereocenters. The van der Waals surface area contributed by atoms with Gasteiger partial charge in [-0.3, -0.25) is 4.79 Å². The molecule has 0 aromatic heterocycles. The lowest BCUT2D eigenvalue weighted by Crippen LogP contribution is -2.40. The predicted molar refractivity (Wildman–Crippen MR) is 81.3 cm³/mol. The topological polar surface area (TPSA) is 77.8 Å². The van der Waals surface area contributed by atoms with E-state index in [9.17, 15) is 14.7 Å². The van der Waals surface area contributed by atoms with Crippen LogP contribution in [0.1, 0.15) is 42.6 Å². The van der Waals surface area contributed by atoms with Gasteiger partial charge in [-0.1, -0.05) is 11.8 Å². The number of aliphatic hydroxyl groups is 1. The molecule has 1 saturated heterocycles. The zero-order valence-electron chi connectivity index (χ0n) is 12.7. The molecule has 1 fully saturated rings. The first-order chi connectivity index (χ1) is 10.3. The van der Waals surface area contributed by atoms with E-state index in [4.69, 9.17) is 5.11 Å². The zero-order chi connectivity index (χ0) is 16.3. The van der Waals surface area contributed by atoms with Crippen molar-refractivity contribution < 1.29 is 19.8 Å². The largest absolute Gasteiger partial charge is 0.480 e. The number of benzene rings is 1. The van der Waals surface area contributed by atoms with Gasteiger partial charge >= 0.3 is 5.97 Å². The van der Waals surface area contributed by atoms with Crippen LogP contribution in [0.3, 0.4) is 0 Å². The number of likely N-dealkylation sites (tertiary alicyclic amines) is 1. The van der Waals surface area contributed by atoms with Gasteiger partial charge < -0.3 is 15.1 Å². The lowest BCUT2D eigenvalue weighted by atomic mass is 10.1. The maximum absolute atomic E-state index is 12.4. The Balaban J connectivity index is 2.14. The van der Waals surface area contributed by atoms with Crippen LogP contribution in [0.15, 0.2) is 24.3 Å². The minimum absolute atomic E-state index is 0.271. The highest BCUT2D eigenvalue weighted by Crippen LogP contribution is 2.20. The second kappa shape index (κ2) is 6.20. The summed E-state index contributed by atoms with van der Waals surface area (Å²) in [5, 5.41) is 18.7. The van der Waals surface area contributed by atoms with Gasteiger partial charge in [-0.05, 0) is 51.0 Å². The standard InChI is InChI=1S/C17H19NO4/c1-17(2,22)10-9-12-5-7-13(8-6-12)15(19)18-11-3-4-14(18)16(20)21/h5-8,14,22H,3-4,11H2,1-2H3,(H,20,21)/t14-/m1/s1. The molecule has 2 rings (SSSR count). The number of hydrogen-bond acceptors (Lipinski definition) is 3. The monoisotopic (exact) mass is 301 g/mol. The van der Waals surface area contributed by atoms with E-state index in [1.54, 1.807) is 38.1 Å². The molecule has 116 valence electrons. The molecule has 5 heteroatoms. The van der Waals surface area contributed by atoms with Crippen LogP contribution in [-0.4, -0.2) is 45.2 Å². The normalized spacial score (nSPS) is 17.8. The molecule has 0 radical (unpaired) electrons. The molecule has 1 amide bonds. The molecular weight excluding hydrogens is 282 g/mol. The Morgan fingerprint density at radius 2 is 1.91 bits per heavy atom. The molecule has 1 heterocycles. The maximum Gasteiger partial charge on any atom is 0.326 e. The van der Waals surface area contributed by atoms with Crippen molar-refractivity contribution in [2.45, 2.75) is 38.3 Å². The fourth-order valence-corrected chi connectivity index (χ4v) is 2.35. The van der Waals surface area contributed by atoms with E-state index in [-0.39, 0.29) is 5.91 Å². The number of nitrogens with zero attached hydrogens (tertiary/aromatic N) is 1. The number of amides is 1. The van der Waals surface area contributed by atoms with Crippen molar-refractivity contribution in [3.8, 4) is 11.8 Å². The summed E-state index contributed by atoms with van der Waals surface area (Å²) in [6.07, 6.45) is 1.20. The summed E-state index contributed by atoms with van der Waals surface area (Å²) in [6.45, 7) is 3.66. The summed E-state index contributed by atoms with van der Waals surface area (Å²) in [5.74, 6) is 4.29. The Labute approximate surface area is 129 Å². The van der Waals surface area contributed by atoms with E-state index in [2.05, 4.69) is 11.8 Å². The zero-order valence-corrected chi connectivity index (χ0v) is 12.7. The molecule has 1 atom stereocenters. The Morgan fingerprint density at radius 1 is 1.27 bits per heavy atom. The van der Waals surface area contributed by atoms with Crippen molar-refractivity contribution >= 4 is 11.9 Å². The lowest BCUT2D eigenvalue weighted by molar-refractivity contribution is -0.141. The third-order valence-electron chi connectivity index (χ3n) is 3.44. The van der Waals surface area contributed by atoms with Crippen LogP contribution in [0, 0.1) is 11.8 Å². The van der Waals surface area contributed by atoms with E-state index >= 15 is 0 Å². The number of hydrogen-bond donors (Lipinski definition) is 2. The summed E-state index contributed by atoms with van der Waals surface area (Å²) >= 11 is 0. The first-order valence-electron chi connectivity index (χ1n) is 7.17. The van der Waals surface area contributed by atoms with Gasteiger partial charge in [0.1, 0.15) is 11.6 Å². The third-order valence-corrected chi connectivity index (χ3v) is 3.44. The fraction of sp³-hybridized carbons (Fsp3) is 0.412. The maximum atomic E-state index is 12.4. The van der Waals surface area contributed by atoms with Crippen LogP contribution < -0.4 is 0 Å². The second-order valence-electron chi connectivity index (χ2n) is 5.88. The highest BCUT2D eigenvalue weighted by molar-refractivity contribution is 5.97.